The van der Waals surface area contributed by atoms with Gasteiger partial charge in [0.05, 0.1) is 0 Å². The van der Waals surface area contributed by atoms with E-state index in [4.69, 9.17) is 5.73 Å². The molecule has 8 heavy (non-hydrogen) atoms. The highest BCUT2D eigenvalue weighted by Crippen LogP contribution is 2.11. The van der Waals surface area contributed by atoms with Gasteiger partial charge in [-0.15, -0.1) is 12.6 Å². The van der Waals surface area contributed by atoms with E-state index in [2.05, 4.69) is 17.6 Å². The SMILES string of the molecule is Nc1ccncc1S. The van der Waals surface area contributed by atoms with Crippen molar-refractivity contribution in [1.29, 1.82) is 0 Å². The van der Waals surface area contributed by atoms with Crippen molar-refractivity contribution in [3.63, 3.8) is 0 Å². The minimum atomic E-state index is 0.670. The summed E-state index contributed by atoms with van der Waals surface area (Å²) in [5, 5.41) is 0. The molecule has 0 atom stereocenters. The molecule has 1 aromatic rings. The van der Waals surface area contributed by atoms with Crippen LogP contribution < -0.4 is 5.73 Å². The zero-order valence-electron chi connectivity index (χ0n) is 4.20. The number of pyridine rings is 1. The van der Waals surface area contributed by atoms with Crippen LogP contribution in [-0.4, -0.2) is 4.98 Å². The minimum Gasteiger partial charge on any atom is -0.398 e. The highest BCUT2D eigenvalue weighted by molar-refractivity contribution is 7.80. The van der Waals surface area contributed by atoms with Gasteiger partial charge in [0.25, 0.3) is 0 Å². The Morgan fingerprint density at radius 1 is 1.62 bits per heavy atom. The van der Waals surface area contributed by atoms with Crippen LogP contribution in [0, 0.1) is 0 Å². The van der Waals surface area contributed by atoms with Crippen LogP contribution in [0.3, 0.4) is 0 Å². The molecule has 0 bridgehead atoms. The van der Waals surface area contributed by atoms with Gasteiger partial charge < -0.3 is 5.73 Å². The van der Waals surface area contributed by atoms with Gasteiger partial charge in [0.1, 0.15) is 0 Å². The van der Waals surface area contributed by atoms with Gasteiger partial charge in [-0.05, 0) is 6.07 Å². The van der Waals surface area contributed by atoms with Crippen LogP contribution in [0.15, 0.2) is 23.4 Å². The van der Waals surface area contributed by atoms with Crippen molar-refractivity contribution < 1.29 is 0 Å². The monoisotopic (exact) mass is 126 g/mol. The number of hydrogen-bond donors (Lipinski definition) is 2. The third kappa shape index (κ3) is 0.924. The first kappa shape index (κ1) is 5.44. The molecule has 1 rings (SSSR count). The summed E-state index contributed by atoms with van der Waals surface area (Å²) < 4.78 is 0. The lowest BCUT2D eigenvalue weighted by Crippen LogP contribution is -1.85. The lowest BCUT2D eigenvalue weighted by atomic mass is 10.4. The first-order valence-corrected chi connectivity index (χ1v) is 2.64. The van der Waals surface area contributed by atoms with Gasteiger partial charge in [-0.3, -0.25) is 4.98 Å². The molecular weight excluding hydrogens is 120 g/mol. The average molecular weight is 126 g/mol. The van der Waals surface area contributed by atoms with Crippen molar-refractivity contribution in [2.75, 3.05) is 5.73 Å². The fourth-order valence-electron chi connectivity index (χ4n) is 0.397. The summed E-state index contributed by atoms with van der Waals surface area (Å²) in [6, 6.07) is 1.71. The van der Waals surface area contributed by atoms with Crippen molar-refractivity contribution in [2.24, 2.45) is 0 Å². The third-order valence-corrected chi connectivity index (χ3v) is 1.21. The van der Waals surface area contributed by atoms with Crippen molar-refractivity contribution in [2.45, 2.75) is 4.90 Å². The molecule has 0 aliphatic rings. The molecule has 0 aliphatic heterocycles. The number of nitrogen functional groups attached to an aromatic ring is 1. The molecule has 0 radical (unpaired) electrons. The standard InChI is InChI=1S/C5H6N2S/c6-4-1-2-7-3-5(4)8/h1-3,8H,(H2,6,7). The smallest absolute Gasteiger partial charge is 0.0480 e. The van der Waals surface area contributed by atoms with Gasteiger partial charge in [0.2, 0.25) is 0 Å². The first-order valence-electron chi connectivity index (χ1n) is 2.19. The lowest BCUT2D eigenvalue weighted by Gasteiger charge is -1.92. The fraction of sp³-hybridized carbons (Fsp3) is 0. The van der Waals surface area contributed by atoms with E-state index in [1.165, 1.54) is 0 Å². The molecule has 0 saturated heterocycles. The van der Waals surface area contributed by atoms with Crippen molar-refractivity contribution >= 4 is 18.3 Å². The van der Waals surface area contributed by atoms with E-state index >= 15 is 0 Å². The highest BCUT2D eigenvalue weighted by Gasteiger charge is 1.86. The van der Waals surface area contributed by atoms with Gasteiger partial charge in [-0.1, -0.05) is 0 Å². The zero-order valence-corrected chi connectivity index (χ0v) is 5.10. The van der Waals surface area contributed by atoms with Crippen LogP contribution in [0.4, 0.5) is 5.69 Å². The summed E-state index contributed by atoms with van der Waals surface area (Å²) in [5.41, 5.74) is 6.07. The van der Waals surface area contributed by atoms with E-state index in [9.17, 15) is 0 Å². The number of nitrogens with two attached hydrogens (primary N) is 1. The van der Waals surface area contributed by atoms with Crippen LogP contribution in [0.5, 0.6) is 0 Å². The Hall–Kier alpha value is -0.700. The van der Waals surface area contributed by atoms with E-state index in [1.807, 2.05) is 0 Å². The normalized spacial score (nSPS) is 9.12. The minimum absolute atomic E-state index is 0.670. The number of rotatable bonds is 0. The number of hydrogen-bond acceptors (Lipinski definition) is 3. The van der Waals surface area contributed by atoms with E-state index < -0.39 is 0 Å². The van der Waals surface area contributed by atoms with E-state index in [0.717, 1.165) is 4.90 Å². The number of thiol groups is 1. The molecule has 1 heterocycles. The molecule has 2 nitrogen and oxygen atoms in total. The van der Waals surface area contributed by atoms with E-state index in [1.54, 1.807) is 18.5 Å². The maximum atomic E-state index is 5.40. The maximum Gasteiger partial charge on any atom is 0.0480 e. The molecule has 1 aromatic heterocycles. The van der Waals surface area contributed by atoms with Gasteiger partial charge >= 0.3 is 0 Å². The Labute approximate surface area is 53.1 Å². The zero-order chi connectivity index (χ0) is 5.98. The molecule has 0 amide bonds. The van der Waals surface area contributed by atoms with Crippen LogP contribution >= 0.6 is 12.6 Å². The predicted octanol–water partition coefficient (Wildman–Crippen LogP) is 0.952. The first-order chi connectivity index (χ1) is 3.80. The summed E-state index contributed by atoms with van der Waals surface area (Å²) in [5.74, 6) is 0. The molecule has 0 aliphatic carbocycles. The Bertz CT molecular complexity index is 167. The molecule has 3 heteroatoms. The second kappa shape index (κ2) is 2.05. The number of aromatic nitrogens is 1. The molecule has 42 valence electrons. The van der Waals surface area contributed by atoms with Gasteiger partial charge in [-0.25, -0.2) is 0 Å². The summed E-state index contributed by atoms with van der Waals surface area (Å²) >= 11 is 4.01. The quantitative estimate of drug-likeness (QED) is 0.508. The average Bonchev–Trinajstić information content (AvgIpc) is 1.77. The van der Waals surface area contributed by atoms with Crippen LogP contribution in [-0.2, 0) is 0 Å². The van der Waals surface area contributed by atoms with Crippen molar-refractivity contribution in [1.82, 2.24) is 4.98 Å². The van der Waals surface area contributed by atoms with Gasteiger partial charge in [0.15, 0.2) is 0 Å². The Balaban J connectivity index is 3.13. The van der Waals surface area contributed by atoms with E-state index in [0.29, 0.717) is 5.69 Å². The molecular formula is C5H6N2S. The van der Waals surface area contributed by atoms with Crippen LogP contribution in [0.2, 0.25) is 0 Å². The second-order valence-corrected chi connectivity index (χ2v) is 1.92. The summed E-state index contributed by atoms with van der Waals surface area (Å²) in [7, 11) is 0. The summed E-state index contributed by atoms with van der Waals surface area (Å²) in [6.45, 7) is 0. The maximum absolute atomic E-state index is 5.40. The topological polar surface area (TPSA) is 38.9 Å². The van der Waals surface area contributed by atoms with Gasteiger partial charge in [-0.2, -0.15) is 0 Å². The number of anilines is 1. The lowest BCUT2D eigenvalue weighted by molar-refractivity contribution is 1.25. The van der Waals surface area contributed by atoms with Gasteiger partial charge in [0, 0.05) is 23.0 Å². The van der Waals surface area contributed by atoms with Crippen molar-refractivity contribution in [3.05, 3.63) is 18.5 Å². The molecule has 0 saturated carbocycles. The Morgan fingerprint density at radius 2 is 2.38 bits per heavy atom. The molecule has 0 unspecified atom stereocenters. The van der Waals surface area contributed by atoms with Crippen molar-refractivity contribution in [3.8, 4) is 0 Å². The van der Waals surface area contributed by atoms with Crippen LogP contribution in [0.25, 0.3) is 0 Å². The Morgan fingerprint density at radius 3 is 2.75 bits per heavy atom. The summed E-state index contributed by atoms with van der Waals surface area (Å²) in [6.07, 6.45) is 3.24. The third-order valence-electron chi connectivity index (χ3n) is 0.833. The largest absolute Gasteiger partial charge is 0.398 e. The molecule has 0 fully saturated rings. The van der Waals surface area contributed by atoms with Crippen LogP contribution in [0.1, 0.15) is 0 Å². The predicted molar refractivity (Wildman–Crippen MR) is 35.9 cm³/mol. The molecule has 0 spiro atoms. The fourth-order valence-corrected chi connectivity index (χ4v) is 0.538. The highest BCUT2D eigenvalue weighted by atomic mass is 32.1. The second-order valence-electron chi connectivity index (χ2n) is 1.43. The van der Waals surface area contributed by atoms with E-state index in [-0.39, 0.29) is 0 Å². The molecule has 0 aromatic carbocycles. The molecule has 2 N–H and O–H groups in total. The Kier molecular flexibility index (Phi) is 1.39. The number of nitrogens with zero attached hydrogens (tertiary/aromatic N) is 1. The summed E-state index contributed by atoms with van der Waals surface area (Å²) in [4.78, 5) is 4.52.